The predicted molar refractivity (Wildman–Crippen MR) is 247 cm³/mol. The van der Waals surface area contributed by atoms with Crippen LogP contribution in [0, 0.1) is 23.7 Å². The van der Waals surface area contributed by atoms with Gasteiger partial charge in [0.1, 0.15) is 13.2 Å². The van der Waals surface area contributed by atoms with Gasteiger partial charge >= 0.3 is 23.9 Å². The number of rotatable bonds is 23. The Morgan fingerprint density at radius 2 is 0.887 bits per heavy atom. The fourth-order valence-electron chi connectivity index (χ4n) is 5.90. The van der Waals surface area contributed by atoms with E-state index in [1.165, 1.54) is 0 Å². The van der Waals surface area contributed by atoms with Crippen molar-refractivity contribution >= 4 is 51.4 Å². The fourth-order valence-corrected chi connectivity index (χ4v) is 6.18. The monoisotopic (exact) mass is 916 g/mol. The first-order chi connectivity index (χ1) is 29.3. The molecule has 0 saturated heterocycles. The van der Waals surface area contributed by atoms with E-state index in [1.807, 2.05) is 125 Å². The van der Waals surface area contributed by atoms with Crippen LogP contribution in [0.25, 0.3) is 0 Å². The minimum atomic E-state index is -0.819. The third-order valence-corrected chi connectivity index (χ3v) is 10.1. The zero-order valence-electron chi connectivity index (χ0n) is 35.8. The second-order valence-corrected chi connectivity index (χ2v) is 15.8. The highest BCUT2D eigenvalue weighted by atomic mass is 79.9. The zero-order valence-corrected chi connectivity index (χ0v) is 37.4. The summed E-state index contributed by atoms with van der Waals surface area (Å²) in [5, 5.41) is 9.86. The molecule has 1 N–H and O–H groups in total. The van der Waals surface area contributed by atoms with Crippen LogP contribution in [0.4, 0.5) is 0 Å². The molecule has 4 rings (SSSR count). The van der Waals surface area contributed by atoms with Crippen molar-refractivity contribution < 1.29 is 48.1 Å². The third-order valence-electron chi connectivity index (χ3n) is 9.56. The number of Topliss-reactive ketones (excluding diaryl/α,β-unsaturated/α-hetero) is 2. The van der Waals surface area contributed by atoms with Crippen LogP contribution >= 0.6 is 15.9 Å². The highest BCUT2D eigenvalue weighted by molar-refractivity contribution is 9.09. The number of hydrogen-bond donors (Lipinski definition) is 1. The number of alkyl halides is 1. The van der Waals surface area contributed by atoms with E-state index in [0.29, 0.717) is 56.3 Å². The van der Waals surface area contributed by atoms with Gasteiger partial charge in [0, 0.05) is 42.1 Å². The maximum Gasteiger partial charge on any atom is 0.309 e. The lowest BCUT2D eigenvalue weighted by Crippen LogP contribution is -2.24. The first kappa shape index (κ1) is 54.6. The van der Waals surface area contributed by atoms with Gasteiger partial charge in [-0.15, -0.1) is 0 Å². The summed E-state index contributed by atoms with van der Waals surface area (Å²) < 4.78 is 15.6. The summed E-state index contributed by atoms with van der Waals surface area (Å²) in [5.74, 6) is -2.22. The molecule has 4 aromatic rings. The lowest BCUT2D eigenvalue weighted by atomic mass is 9.89. The molecular formula is C51H65BrO10. The van der Waals surface area contributed by atoms with Gasteiger partial charge in [-0.05, 0) is 48.6 Å². The van der Waals surface area contributed by atoms with Gasteiger partial charge in [0.25, 0.3) is 0 Å². The second kappa shape index (κ2) is 32.3. The zero-order chi connectivity index (χ0) is 44.8. The summed E-state index contributed by atoms with van der Waals surface area (Å²) in [6.45, 7) is 8.40. The van der Waals surface area contributed by atoms with Crippen molar-refractivity contribution in [3.05, 3.63) is 144 Å². The average molecular weight is 918 g/mol. The second-order valence-electron chi connectivity index (χ2n) is 15.1. The molecule has 0 unspecified atom stereocenters. The number of halogens is 1. The molecule has 11 heteroatoms. The third kappa shape index (κ3) is 23.5. The molecule has 4 aromatic carbocycles. The van der Waals surface area contributed by atoms with E-state index in [9.17, 15) is 28.8 Å². The van der Waals surface area contributed by atoms with Crippen molar-refractivity contribution in [2.24, 2.45) is 23.7 Å². The summed E-state index contributed by atoms with van der Waals surface area (Å²) in [4.78, 5) is 70.5. The Morgan fingerprint density at radius 3 is 1.26 bits per heavy atom. The molecule has 10 nitrogen and oxygen atoms in total. The SMILES string of the molecule is C.CC(C)[C@H](CCC(=O)c1ccccc1)C(=O)O.CC(C)[C@H](CCC(=O)c1ccccc1)C(=O)OCCCC(=O)OCc1ccccc1.O=C(CCCBr)OCc1ccccc1. The average Bonchev–Trinajstić information content (AvgIpc) is 3.27. The van der Waals surface area contributed by atoms with E-state index in [2.05, 4.69) is 15.9 Å². The Hall–Kier alpha value is -5.42. The van der Waals surface area contributed by atoms with E-state index in [-0.39, 0.29) is 74.3 Å². The topological polar surface area (TPSA) is 150 Å². The van der Waals surface area contributed by atoms with E-state index in [0.717, 1.165) is 22.9 Å². The summed E-state index contributed by atoms with van der Waals surface area (Å²) in [5.41, 5.74) is 3.27. The van der Waals surface area contributed by atoms with Crippen molar-refractivity contribution in [1.29, 1.82) is 0 Å². The van der Waals surface area contributed by atoms with Gasteiger partial charge in [-0.3, -0.25) is 28.8 Å². The number of ether oxygens (including phenoxy) is 3. The Morgan fingerprint density at radius 1 is 0.516 bits per heavy atom. The Kier molecular flexibility index (Phi) is 28.5. The summed E-state index contributed by atoms with van der Waals surface area (Å²) in [6, 6.07) is 37.2. The maximum atomic E-state index is 12.4. The number of carbonyl (C=O) groups excluding carboxylic acids is 5. The predicted octanol–water partition coefficient (Wildman–Crippen LogP) is 11.5. The molecule has 0 saturated carbocycles. The standard InChI is InChI=1S/C25H30O5.C14H18O3.C11H13BrO2.CH4/c1-19(2)22(15-16-23(26)21-12-7-4-8-13-21)25(28)29-17-9-14-24(27)30-18-20-10-5-3-6-11-20;1-10(2)12(14(16)17)8-9-13(15)11-6-4-3-5-7-11;12-8-4-7-11(13)14-9-10-5-2-1-3-6-10;/h3-8,10-13,19,22H,9,14-18H2,1-2H3;3-7,10,12H,8-9H2,1-2H3,(H,16,17);1-3,5-6H,4,7-9H2;1H4/t22-;12-;;/m00../s1. The highest BCUT2D eigenvalue weighted by Gasteiger charge is 2.25. The Bertz CT molecular complexity index is 1870. The lowest BCUT2D eigenvalue weighted by Gasteiger charge is -2.19. The molecule has 336 valence electrons. The molecule has 2 atom stereocenters. The molecule has 0 bridgehead atoms. The van der Waals surface area contributed by atoms with Gasteiger partial charge in [-0.25, -0.2) is 0 Å². The minimum Gasteiger partial charge on any atom is -0.481 e. The van der Waals surface area contributed by atoms with Gasteiger partial charge < -0.3 is 19.3 Å². The molecule has 0 aromatic heterocycles. The minimum absolute atomic E-state index is 0. The van der Waals surface area contributed by atoms with Crippen molar-refractivity contribution in [3.63, 3.8) is 0 Å². The van der Waals surface area contributed by atoms with E-state index in [1.54, 1.807) is 24.3 Å². The summed E-state index contributed by atoms with van der Waals surface area (Å²) in [6.07, 6.45) is 3.36. The number of esters is 3. The maximum absolute atomic E-state index is 12.4. The number of carboxylic acid groups (broad SMARTS) is 1. The number of ketones is 2. The molecule has 0 radical (unpaired) electrons. The fraction of sp³-hybridized carbons (Fsp3) is 0.412. The smallest absolute Gasteiger partial charge is 0.309 e. The van der Waals surface area contributed by atoms with Crippen LogP contribution in [-0.4, -0.2) is 52.5 Å². The van der Waals surface area contributed by atoms with Gasteiger partial charge in [-0.2, -0.15) is 0 Å². The quantitative estimate of drug-likeness (QED) is 0.0250. The molecule has 0 aliphatic heterocycles. The van der Waals surface area contributed by atoms with Crippen LogP contribution in [0.1, 0.15) is 118 Å². The van der Waals surface area contributed by atoms with Crippen LogP contribution in [0.5, 0.6) is 0 Å². The molecule has 0 aliphatic carbocycles. The summed E-state index contributed by atoms with van der Waals surface area (Å²) in [7, 11) is 0. The van der Waals surface area contributed by atoms with E-state index >= 15 is 0 Å². The van der Waals surface area contributed by atoms with Gasteiger partial charge in [0.05, 0.1) is 18.4 Å². The summed E-state index contributed by atoms with van der Waals surface area (Å²) >= 11 is 3.27. The van der Waals surface area contributed by atoms with Crippen LogP contribution in [0.3, 0.4) is 0 Å². The molecule has 0 heterocycles. The molecule has 0 amide bonds. The molecule has 0 fully saturated rings. The molecule has 0 spiro atoms. The van der Waals surface area contributed by atoms with Crippen LogP contribution in [-0.2, 0) is 46.6 Å². The number of carboxylic acids is 1. The van der Waals surface area contributed by atoms with Crippen LogP contribution in [0.15, 0.2) is 121 Å². The van der Waals surface area contributed by atoms with Crippen molar-refractivity contribution in [3.8, 4) is 0 Å². The van der Waals surface area contributed by atoms with Crippen molar-refractivity contribution in [2.75, 3.05) is 11.9 Å². The first-order valence-corrected chi connectivity index (χ1v) is 21.9. The molecule has 0 aliphatic rings. The Labute approximate surface area is 376 Å². The largest absolute Gasteiger partial charge is 0.481 e. The normalized spacial score (nSPS) is 11.3. The van der Waals surface area contributed by atoms with Crippen molar-refractivity contribution in [2.45, 2.75) is 99.7 Å². The number of aliphatic carboxylic acids is 1. The van der Waals surface area contributed by atoms with E-state index < -0.39 is 11.9 Å². The van der Waals surface area contributed by atoms with Crippen molar-refractivity contribution in [1.82, 2.24) is 0 Å². The van der Waals surface area contributed by atoms with Crippen LogP contribution < -0.4 is 0 Å². The molecular weight excluding hydrogens is 852 g/mol. The number of carbonyl (C=O) groups is 6. The van der Waals surface area contributed by atoms with E-state index in [4.69, 9.17) is 19.3 Å². The highest BCUT2D eigenvalue weighted by Crippen LogP contribution is 2.21. The Balaban J connectivity index is 0.000000508. The van der Waals surface area contributed by atoms with Gasteiger partial charge in [-0.1, -0.05) is 172 Å². The first-order valence-electron chi connectivity index (χ1n) is 20.8. The number of hydrogen-bond acceptors (Lipinski definition) is 9. The van der Waals surface area contributed by atoms with Gasteiger partial charge in [0.15, 0.2) is 11.6 Å². The number of benzene rings is 4. The van der Waals surface area contributed by atoms with Crippen LogP contribution in [0.2, 0.25) is 0 Å². The van der Waals surface area contributed by atoms with Gasteiger partial charge in [0.2, 0.25) is 0 Å². The lowest BCUT2D eigenvalue weighted by molar-refractivity contribution is -0.152. The molecule has 62 heavy (non-hydrogen) atoms.